The van der Waals surface area contributed by atoms with Gasteiger partial charge in [-0.3, -0.25) is 9.55 Å². The minimum atomic E-state index is 0.917. The molecule has 0 saturated carbocycles. The molecule has 0 aliphatic rings. The Kier molecular flexibility index (Phi) is 1.75. The van der Waals surface area contributed by atoms with Crippen molar-refractivity contribution >= 4 is 10.9 Å². The zero-order valence-corrected chi connectivity index (χ0v) is 8.04. The van der Waals surface area contributed by atoms with Crippen LogP contribution in [0.15, 0.2) is 55.1 Å². The molecule has 3 nitrogen and oxygen atoms in total. The lowest BCUT2D eigenvalue weighted by molar-refractivity contribution is 1.04. The molecule has 3 aromatic heterocycles. The number of rotatable bonds is 1. The van der Waals surface area contributed by atoms with Crippen molar-refractivity contribution in [3.63, 3.8) is 0 Å². The molecule has 0 bridgehead atoms. The molecule has 72 valence electrons. The van der Waals surface area contributed by atoms with Gasteiger partial charge in [-0.15, -0.1) is 0 Å². The van der Waals surface area contributed by atoms with E-state index in [9.17, 15) is 0 Å². The van der Waals surface area contributed by atoms with Gasteiger partial charge in [0.2, 0.25) is 0 Å². The van der Waals surface area contributed by atoms with Gasteiger partial charge in [0.25, 0.3) is 0 Å². The fraction of sp³-hybridized carbons (Fsp3) is 0. The Morgan fingerprint density at radius 2 is 2.00 bits per heavy atom. The quantitative estimate of drug-likeness (QED) is 0.597. The second kappa shape index (κ2) is 3.20. The average Bonchev–Trinajstić information content (AvgIpc) is 2.74. The molecule has 0 aliphatic heterocycles. The van der Waals surface area contributed by atoms with E-state index in [0.29, 0.717) is 0 Å². The lowest BCUT2D eigenvalue weighted by Crippen LogP contribution is -1.94. The Balaban J connectivity index is 2.28. The summed E-state index contributed by atoms with van der Waals surface area (Å²) in [6.07, 6.45) is 7.45. The summed E-state index contributed by atoms with van der Waals surface area (Å²) in [6.45, 7) is 0. The molecule has 0 aliphatic carbocycles. The summed E-state index contributed by atoms with van der Waals surface area (Å²) >= 11 is 0. The molecule has 0 saturated heterocycles. The van der Waals surface area contributed by atoms with E-state index < -0.39 is 0 Å². The summed E-state index contributed by atoms with van der Waals surface area (Å²) in [5.74, 6) is 0.917. The van der Waals surface area contributed by atoms with Crippen molar-refractivity contribution in [2.75, 3.05) is 0 Å². The van der Waals surface area contributed by atoms with Crippen LogP contribution in [0, 0.1) is 0 Å². The van der Waals surface area contributed by atoms with E-state index in [4.69, 9.17) is 0 Å². The van der Waals surface area contributed by atoms with Crippen molar-refractivity contribution in [3.05, 3.63) is 55.1 Å². The van der Waals surface area contributed by atoms with Gasteiger partial charge in [0.05, 0.1) is 11.7 Å². The van der Waals surface area contributed by atoms with Crippen LogP contribution in [0.25, 0.3) is 16.7 Å². The predicted molar refractivity (Wildman–Crippen MR) is 58.9 cm³/mol. The monoisotopic (exact) mass is 195 g/mol. The van der Waals surface area contributed by atoms with Crippen LogP contribution in [0.1, 0.15) is 0 Å². The first-order valence-electron chi connectivity index (χ1n) is 4.77. The third kappa shape index (κ3) is 1.29. The second-order valence-electron chi connectivity index (χ2n) is 3.31. The zero-order chi connectivity index (χ0) is 10.1. The van der Waals surface area contributed by atoms with Crippen LogP contribution in [-0.4, -0.2) is 14.5 Å². The number of hydrogen-bond donors (Lipinski definition) is 0. The molecule has 3 heterocycles. The molecule has 3 rings (SSSR count). The maximum Gasteiger partial charge on any atom is 0.137 e. The molecule has 0 aromatic carbocycles. The van der Waals surface area contributed by atoms with Crippen LogP contribution in [0.5, 0.6) is 0 Å². The highest BCUT2D eigenvalue weighted by Gasteiger charge is 2.02. The number of pyridine rings is 2. The summed E-state index contributed by atoms with van der Waals surface area (Å²) in [5, 5.41) is 1.18. The topological polar surface area (TPSA) is 30.7 Å². The zero-order valence-electron chi connectivity index (χ0n) is 8.04. The van der Waals surface area contributed by atoms with E-state index in [1.807, 2.05) is 41.2 Å². The molecule has 0 atom stereocenters. The third-order valence-electron chi connectivity index (χ3n) is 2.39. The molecule has 15 heavy (non-hydrogen) atoms. The van der Waals surface area contributed by atoms with Gasteiger partial charge in [0.15, 0.2) is 0 Å². The molecule has 0 fully saturated rings. The van der Waals surface area contributed by atoms with Gasteiger partial charge in [-0.25, -0.2) is 4.98 Å². The standard InChI is InChI=1S/C12H9N3/c1-2-6-14-12(3-1)15-8-5-10-4-7-13-9-11(10)15/h1-9H. The van der Waals surface area contributed by atoms with E-state index in [-0.39, 0.29) is 0 Å². The average molecular weight is 195 g/mol. The molecular weight excluding hydrogens is 186 g/mol. The number of aromatic nitrogens is 3. The van der Waals surface area contributed by atoms with E-state index in [1.54, 1.807) is 12.4 Å². The van der Waals surface area contributed by atoms with Gasteiger partial charge in [-0.2, -0.15) is 0 Å². The maximum atomic E-state index is 4.31. The molecule has 0 N–H and O–H groups in total. The fourth-order valence-electron chi connectivity index (χ4n) is 1.67. The first-order valence-corrected chi connectivity index (χ1v) is 4.77. The summed E-state index contributed by atoms with van der Waals surface area (Å²) in [5.41, 5.74) is 1.08. The molecule has 0 spiro atoms. The van der Waals surface area contributed by atoms with Crippen molar-refractivity contribution in [2.45, 2.75) is 0 Å². The second-order valence-corrected chi connectivity index (χ2v) is 3.31. The van der Waals surface area contributed by atoms with Crippen LogP contribution >= 0.6 is 0 Å². The van der Waals surface area contributed by atoms with Crippen LogP contribution < -0.4 is 0 Å². The number of hydrogen-bond acceptors (Lipinski definition) is 2. The third-order valence-corrected chi connectivity index (χ3v) is 2.39. The number of fused-ring (bicyclic) bond motifs is 1. The molecule has 3 heteroatoms. The lowest BCUT2D eigenvalue weighted by Gasteiger charge is -2.02. The largest absolute Gasteiger partial charge is 0.300 e. The number of nitrogens with zero attached hydrogens (tertiary/aromatic N) is 3. The van der Waals surface area contributed by atoms with Crippen molar-refractivity contribution in [2.24, 2.45) is 0 Å². The smallest absolute Gasteiger partial charge is 0.137 e. The van der Waals surface area contributed by atoms with Gasteiger partial charge >= 0.3 is 0 Å². The van der Waals surface area contributed by atoms with E-state index in [2.05, 4.69) is 16.0 Å². The van der Waals surface area contributed by atoms with Gasteiger partial charge in [-0.1, -0.05) is 6.07 Å². The van der Waals surface area contributed by atoms with Crippen LogP contribution in [0.3, 0.4) is 0 Å². The van der Waals surface area contributed by atoms with Crippen LogP contribution in [-0.2, 0) is 0 Å². The molecule has 0 amide bonds. The van der Waals surface area contributed by atoms with Gasteiger partial charge < -0.3 is 0 Å². The molecule has 3 aromatic rings. The Morgan fingerprint density at radius 1 is 1.00 bits per heavy atom. The predicted octanol–water partition coefficient (Wildman–Crippen LogP) is 2.42. The molecular formula is C12H9N3. The summed E-state index contributed by atoms with van der Waals surface area (Å²) < 4.78 is 2.03. The lowest BCUT2D eigenvalue weighted by atomic mass is 10.3. The van der Waals surface area contributed by atoms with Crippen molar-refractivity contribution in [1.82, 2.24) is 14.5 Å². The Bertz CT molecular complexity index is 584. The van der Waals surface area contributed by atoms with Crippen molar-refractivity contribution in [3.8, 4) is 5.82 Å². The summed E-state index contributed by atoms with van der Waals surface area (Å²) in [7, 11) is 0. The summed E-state index contributed by atoms with van der Waals surface area (Å²) in [6, 6.07) is 9.92. The van der Waals surface area contributed by atoms with Crippen LogP contribution in [0.4, 0.5) is 0 Å². The minimum Gasteiger partial charge on any atom is -0.300 e. The van der Waals surface area contributed by atoms with Crippen LogP contribution in [0.2, 0.25) is 0 Å². The first-order chi connectivity index (χ1) is 7.45. The Labute approximate surface area is 87.0 Å². The highest BCUT2D eigenvalue weighted by molar-refractivity contribution is 5.80. The SMILES string of the molecule is c1ccc(-n2ccc3ccncc32)nc1. The Hall–Kier alpha value is -2.16. The van der Waals surface area contributed by atoms with E-state index in [1.165, 1.54) is 5.39 Å². The minimum absolute atomic E-state index is 0.917. The molecule has 0 unspecified atom stereocenters. The van der Waals surface area contributed by atoms with Crippen molar-refractivity contribution < 1.29 is 0 Å². The van der Waals surface area contributed by atoms with E-state index in [0.717, 1.165) is 11.3 Å². The Morgan fingerprint density at radius 3 is 2.87 bits per heavy atom. The highest BCUT2D eigenvalue weighted by Crippen LogP contribution is 2.17. The molecule has 0 radical (unpaired) electrons. The maximum absolute atomic E-state index is 4.31. The van der Waals surface area contributed by atoms with Gasteiger partial charge in [0, 0.05) is 24.0 Å². The summed E-state index contributed by atoms with van der Waals surface area (Å²) in [4.78, 5) is 8.43. The van der Waals surface area contributed by atoms with E-state index >= 15 is 0 Å². The first kappa shape index (κ1) is 8.17. The fourth-order valence-corrected chi connectivity index (χ4v) is 1.67. The van der Waals surface area contributed by atoms with Gasteiger partial charge in [0.1, 0.15) is 5.82 Å². The normalized spacial score (nSPS) is 10.7. The highest BCUT2D eigenvalue weighted by atomic mass is 15.0. The van der Waals surface area contributed by atoms with Crippen molar-refractivity contribution in [1.29, 1.82) is 0 Å². The van der Waals surface area contributed by atoms with Gasteiger partial charge in [-0.05, 0) is 24.3 Å².